The molecule has 3 aromatic rings. The Morgan fingerprint density at radius 1 is 1.05 bits per heavy atom. The first-order valence-electron chi connectivity index (χ1n) is 13.9. The number of hydrogen-bond donors (Lipinski definition) is 3. The van der Waals surface area contributed by atoms with Crippen LogP contribution in [0.15, 0.2) is 36.4 Å². The van der Waals surface area contributed by atoms with E-state index >= 15 is 0 Å². The molecule has 2 fully saturated rings. The van der Waals surface area contributed by atoms with E-state index in [9.17, 15) is 9.90 Å². The van der Waals surface area contributed by atoms with Crippen molar-refractivity contribution in [3.63, 3.8) is 0 Å². The number of nitrogens with zero attached hydrogens (tertiary/aromatic N) is 2. The minimum atomic E-state index is -0.637. The maximum absolute atomic E-state index is 12.5. The first-order valence-corrected chi connectivity index (χ1v) is 13.9. The summed E-state index contributed by atoms with van der Waals surface area (Å²) >= 11 is 0. The summed E-state index contributed by atoms with van der Waals surface area (Å²) in [6.07, 6.45) is 7.14. The number of ketones is 1. The maximum Gasteiger partial charge on any atom is 0.166 e. The topological polar surface area (TPSA) is 85.9 Å². The Bertz CT molecular complexity index is 1360. The molecule has 7 rings (SSSR count). The van der Waals surface area contributed by atoms with Crippen LogP contribution in [0, 0.1) is 18.8 Å². The van der Waals surface area contributed by atoms with Gasteiger partial charge in [0.15, 0.2) is 17.3 Å². The Labute approximate surface area is 218 Å². The van der Waals surface area contributed by atoms with Gasteiger partial charge in [-0.25, -0.2) is 0 Å². The number of benzene rings is 2. The van der Waals surface area contributed by atoms with Crippen molar-refractivity contribution in [2.45, 2.75) is 77.0 Å². The van der Waals surface area contributed by atoms with Gasteiger partial charge >= 0.3 is 0 Å². The molecule has 3 N–H and O–H groups in total. The molecule has 0 spiro atoms. The third-order valence-electron chi connectivity index (χ3n) is 9.26. The fraction of sp³-hybridized carbons (Fsp3) is 0.516. The van der Waals surface area contributed by atoms with E-state index in [0.717, 1.165) is 61.3 Å². The molecule has 6 heteroatoms. The summed E-state index contributed by atoms with van der Waals surface area (Å²) in [5, 5.41) is 30.9. The van der Waals surface area contributed by atoms with Crippen molar-refractivity contribution < 1.29 is 20.1 Å². The summed E-state index contributed by atoms with van der Waals surface area (Å²) in [5.74, 6) is 1.33. The highest BCUT2D eigenvalue weighted by Gasteiger charge is 2.52. The number of rotatable bonds is 3. The molecule has 37 heavy (non-hydrogen) atoms. The van der Waals surface area contributed by atoms with Crippen LogP contribution in [0.4, 0.5) is 0 Å². The van der Waals surface area contributed by atoms with Crippen LogP contribution in [0.5, 0.6) is 11.5 Å². The molecule has 6 nitrogen and oxygen atoms in total. The Kier molecular flexibility index (Phi) is 6.08. The first kappa shape index (κ1) is 24.5. The molecular formula is C31H38N2O4. The number of piperidine rings is 1. The van der Waals surface area contributed by atoms with E-state index in [1.165, 1.54) is 48.2 Å². The molecule has 1 saturated carbocycles. The van der Waals surface area contributed by atoms with Crippen LogP contribution in [-0.2, 0) is 19.4 Å². The largest absolute Gasteiger partial charge is 0.504 e. The number of aliphatic hydroxyl groups is 1. The standard InChI is InChI=1S/C24H30N2O2.C7H8O2/c1-2-22-24(28)13-19-17-4-3-5-18-21(27)9-11-26(23(17)18)20(19)12-16(24)8-10-25(22)14-15-6-7-15;1-5-2-3-6(8)7(9)4-5/h3-5,15-16,22,28H,2,6-14H2,1H3;2-4,8-9H,1H3/t16?,22-,24?;/m1./s1. The molecule has 0 radical (unpaired) electrons. The first-order chi connectivity index (χ1) is 17.8. The Balaban J connectivity index is 0.000000239. The lowest BCUT2D eigenvalue weighted by Gasteiger charge is -2.53. The molecule has 2 unspecified atom stereocenters. The molecule has 1 saturated heterocycles. The number of aryl methyl sites for hydroxylation is 2. The third kappa shape index (κ3) is 4.15. The van der Waals surface area contributed by atoms with Crippen molar-refractivity contribution in [3.8, 4) is 11.5 Å². The smallest absolute Gasteiger partial charge is 0.166 e. The molecule has 0 bridgehead atoms. The number of phenols is 2. The van der Waals surface area contributed by atoms with Crippen molar-refractivity contribution in [2.75, 3.05) is 13.1 Å². The highest BCUT2D eigenvalue weighted by molar-refractivity contribution is 6.09. The van der Waals surface area contributed by atoms with Gasteiger partial charge in [-0.05, 0) is 86.7 Å². The summed E-state index contributed by atoms with van der Waals surface area (Å²) in [7, 11) is 0. The second-order valence-corrected chi connectivity index (χ2v) is 11.7. The van der Waals surface area contributed by atoms with Gasteiger partial charge in [-0.3, -0.25) is 9.69 Å². The lowest BCUT2D eigenvalue weighted by atomic mass is 9.65. The van der Waals surface area contributed by atoms with Gasteiger partial charge in [0, 0.05) is 48.6 Å². The average Bonchev–Trinajstić information content (AvgIpc) is 3.65. The van der Waals surface area contributed by atoms with Crippen LogP contribution in [0.25, 0.3) is 10.9 Å². The van der Waals surface area contributed by atoms with Crippen molar-refractivity contribution in [1.82, 2.24) is 9.47 Å². The van der Waals surface area contributed by atoms with Gasteiger partial charge in [0.2, 0.25) is 0 Å². The number of fused-ring (bicyclic) bond motifs is 4. The molecule has 0 amide bonds. The molecule has 3 heterocycles. The van der Waals surface area contributed by atoms with Gasteiger partial charge in [-0.15, -0.1) is 0 Å². The lowest BCUT2D eigenvalue weighted by molar-refractivity contribution is -0.128. The summed E-state index contributed by atoms with van der Waals surface area (Å²) < 4.78 is 2.42. The fourth-order valence-corrected chi connectivity index (χ4v) is 7.25. The Hall–Kier alpha value is -2.83. The second-order valence-electron chi connectivity index (χ2n) is 11.7. The van der Waals surface area contributed by atoms with Crippen LogP contribution < -0.4 is 0 Å². The SMILES string of the molecule is CC[C@H]1N(CC2CC2)CCC2Cc3c(c4cccc5c4n3CCC5=O)CC21O.Cc1ccc(O)c(O)c1. The van der Waals surface area contributed by atoms with Crippen LogP contribution in [-0.4, -0.2) is 55.3 Å². The van der Waals surface area contributed by atoms with Gasteiger partial charge in [-0.2, -0.15) is 0 Å². The predicted octanol–water partition coefficient (Wildman–Crippen LogP) is 4.97. The number of para-hydroxylation sites is 1. The van der Waals surface area contributed by atoms with Gasteiger partial charge < -0.3 is 19.9 Å². The highest BCUT2D eigenvalue weighted by Crippen LogP contribution is 2.48. The number of Topliss-reactive ketones (excluding diaryl/α,β-unsaturated/α-hetero) is 1. The quantitative estimate of drug-likeness (QED) is 0.440. The molecule has 196 valence electrons. The monoisotopic (exact) mass is 502 g/mol. The molecule has 3 atom stereocenters. The molecule has 2 aliphatic carbocycles. The maximum atomic E-state index is 12.5. The zero-order valence-electron chi connectivity index (χ0n) is 21.9. The zero-order valence-corrected chi connectivity index (χ0v) is 21.9. The zero-order chi connectivity index (χ0) is 25.9. The Morgan fingerprint density at radius 2 is 1.86 bits per heavy atom. The molecule has 2 aromatic carbocycles. The number of carbonyl (C=O) groups is 1. The highest BCUT2D eigenvalue weighted by atomic mass is 16.3. The minimum Gasteiger partial charge on any atom is -0.504 e. The summed E-state index contributed by atoms with van der Waals surface area (Å²) in [6, 6.07) is 11.1. The molecule has 2 aliphatic heterocycles. The van der Waals surface area contributed by atoms with Crippen molar-refractivity contribution >= 4 is 16.7 Å². The van der Waals surface area contributed by atoms with Crippen LogP contribution >= 0.6 is 0 Å². The van der Waals surface area contributed by atoms with Gasteiger partial charge in [0.05, 0.1) is 11.1 Å². The van der Waals surface area contributed by atoms with Crippen LogP contribution in [0.3, 0.4) is 0 Å². The summed E-state index contributed by atoms with van der Waals surface area (Å²) in [5.41, 5.74) is 5.03. The van der Waals surface area contributed by atoms with Crippen molar-refractivity contribution in [1.29, 1.82) is 0 Å². The number of aromatic nitrogens is 1. The van der Waals surface area contributed by atoms with E-state index < -0.39 is 5.60 Å². The van der Waals surface area contributed by atoms with Crippen LogP contribution in [0.1, 0.15) is 66.2 Å². The summed E-state index contributed by atoms with van der Waals surface area (Å²) in [6.45, 7) is 7.19. The van der Waals surface area contributed by atoms with E-state index in [-0.39, 0.29) is 23.3 Å². The van der Waals surface area contributed by atoms with E-state index in [4.69, 9.17) is 10.2 Å². The number of hydrogen-bond acceptors (Lipinski definition) is 5. The van der Waals surface area contributed by atoms with Crippen molar-refractivity contribution in [3.05, 3.63) is 58.8 Å². The lowest BCUT2D eigenvalue weighted by Crippen LogP contribution is -2.64. The number of likely N-dealkylation sites (tertiary alicyclic amines) is 1. The van der Waals surface area contributed by atoms with E-state index in [2.05, 4.69) is 22.5 Å². The van der Waals surface area contributed by atoms with E-state index in [1.54, 1.807) is 6.07 Å². The van der Waals surface area contributed by atoms with Gasteiger partial charge in [-0.1, -0.05) is 25.1 Å². The van der Waals surface area contributed by atoms with Crippen LogP contribution in [0.2, 0.25) is 0 Å². The number of carbonyl (C=O) groups excluding carboxylic acids is 1. The van der Waals surface area contributed by atoms with E-state index in [1.807, 2.05) is 19.1 Å². The van der Waals surface area contributed by atoms with E-state index in [0.29, 0.717) is 12.3 Å². The minimum absolute atomic E-state index is 0.0602. The summed E-state index contributed by atoms with van der Waals surface area (Å²) in [4.78, 5) is 15.1. The van der Waals surface area contributed by atoms with Crippen molar-refractivity contribution in [2.24, 2.45) is 11.8 Å². The third-order valence-corrected chi connectivity index (χ3v) is 9.26. The fourth-order valence-electron chi connectivity index (χ4n) is 7.25. The number of aromatic hydroxyl groups is 2. The molecular weight excluding hydrogens is 464 g/mol. The Morgan fingerprint density at radius 3 is 2.57 bits per heavy atom. The number of phenolic OH excluding ortho intramolecular Hbond substituents is 2. The average molecular weight is 503 g/mol. The molecule has 4 aliphatic rings. The normalized spacial score (nSPS) is 26.8. The molecule has 1 aromatic heterocycles. The predicted molar refractivity (Wildman–Crippen MR) is 144 cm³/mol. The van der Waals surface area contributed by atoms with Gasteiger partial charge in [0.25, 0.3) is 0 Å². The van der Waals surface area contributed by atoms with Gasteiger partial charge in [0.1, 0.15) is 0 Å². The second kappa shape index (κ2) is 9.17.